The van der Waals surface area contributed by atoms with Gasteiger partial charge in [0.25, 0.3) is 11.8 Å². The Kier molecular flexibility index (Phi) is 7.57. The van der Waals surface area contributed by atoms with E-state index >= 15 is 0 Å². The van der Waals surface area contributed by atoms with Crippen molar-refractivity contribution in [2.24, 2.45) is 0 Å². The zero-order valence-corrected chi connectivity index (χ0v) is 20.5. The van der Waals surface area contributed by atoms with Crippen LogP contribution >= 0.6 is 34.5 Å². The van der Waals surface area contributed by atoms with Gasteiger partial charge in [-0.2, -0.15) is 13.2 Å². The minimum atomic E-state index is -4.61. The van der Waals surface area contributed by atoms with Crippen LogP contribution in [0.15, 0.2) is 48.9 Å². The molecule has 3 aromatic heterocycles. The normalized spacial score (nSPS) is 11.3. The Morgan fingerprint density at radius 2 is 1.84 bits per heavy atom. The van der Waals surface area contributed by atoms with Crippen molar-refractivity contribution in [1.29, 1.82) is 0 Å². The molecular weight excluding hydrogens is 556 g/mol. The highest BCUT2D eigenvalue weighted by Crippen LogP contribution is 2.34. The number of carbonyl (C=O) groups excluding carboxylic acids is 2. The molecule has 3 N–H and O–H groups in total. The summed E-state index contributed by atoms with van der Waals surface area (Å²) in [6.07, 6.45) is -0.407. The number of nitrogens with one attached hydrogen (secondary N) is 2. The summed E-state index contributed by atoms with van der Waals surface area (Å²) in [7, 11) is 0. The van der Waals surface area contributed by atoms with Gasteiger partial charge in [-0.15, -0.1) is 0 Å². The molecule has 0 aliphatic carbocycles. The number of aromatic nitrogens is 4. The summed E-state index contributed by atoms with van der Waals surface area (Å²) >= 11 is 12.5. The van der Waals surface area contributed by atoms with Crippen molar-refractivity contribution >= 4 is 51.4 Å². The van der Waals surface area contributed by atoms with Crippen LogP contribution in [0.1, 0.15) is 32.1 Å². The van der Waals surface area contributed by atoms with E-state index in [0.29, 0.717) is 5.69 Å². The standard InChI is InChI=1S/C22H13Cl2F3N6O3S/c23-12-7-13(31-17(24)16(12)34)18(35)33-21-15(32-20(37-21)14-9-28-5-6-29-14)19(36)30-8-10-3-1-2-4-11(10)22(25,26)27/h1-7,9,34H,8H2,(H,30,36)(H,33,35). The van der Waals surface area contributed by atoms with Crippen LogP contribution in [-0.4, -0.2) is 36.9 Å². The SMILES string of the molecule is O=C(Nc1sc(-c2cnccn2)nc1C(=O)NCc1ccccc1C(F)(F)F)c1cc(Cl)c(O)c(Cl)n1. The lowest BCUT2D eigenvalue weighted by Gasteiger charge is -2.13. The lowest BCUT2D eigenvalue weighted by Crippen LogP contribution is -2.26. The zero-order valence-electron chi connectivity index (χ0n) is 18.2. The second kappa shape index (κ2) is 10.7. The highest BCUT2D eigenvalue weighted by molar-refractivity contribution is 7.19. The molecule has 0 saturated carbocycles. The molecule has 0 aliphatic rings. The fourth-order valence-electron chi connectivity index (χ4n) is 3.05. The Bertz CT molecular complexity index is 1460. The maximum absolute atomic E-state index is 13.3. The third-order valence-electron chi connectivity index (χ3n) is 4.75. The molecule has 0 spiro atoms. The number of benzene rings is 1. The van der Waals surface area contributed by atoms with Crippen LogP contribution in [0, 0.1) is 0 Å². The predicted molar refractivity (Wildman–Crippen MR) is 130 cm³/mol. The number of aromatic hydroxyl groups is 1. The average molecular weight is 569 g/mol. The molecule has 0 unspecified atom stereocenters. The average Bonchev–Trinajstić information content (AvgIpc) is 3.29. The van der Waals surface area contributed by atoms with Crippen LogP contribution in [0.2, 0.25) is 10.2 Å². The second-order valence-corrected chi connectivity index (χ2v) is 8.97. The van der Waals surface area contributed by atoms with E-state index in [4.69, 9.17) is 23.2 Å². The smallest absolute Gasteiger partial charge is 0.416 e. The fourth-order valence-corrected chi connectivity index (χ4v) is 4.40. The molecule has 190 valence electrons. The van der Waals surface area contributed by atoms with Crippen molar-refractivity contribution in [2.75, 3.05) is 5.32 Å². The van der Waals surface area contributed by atoms with Gasteiger partial charge >= 0.3 is 6.18 Å². The summed E-state index contributed by atoms with van der Waals surface area (Å²) in [5.41, 5.74) is -1.31. The zero-order chi connectivity index (χ0) is 26.7. The minimum Gasteiger partial charge on any atom is -0.504 e. The number of alkyl halides is 3. The maximum Gasteiger partial charge on any atom is 0.416 e. The molecular formula is C22H13Cl2F3N6O3S. The van der Waals surface area contributed by atoms with Crippen LogP contribution in [0.3, 0.4) is 0 Å². The number of carbonyl (C=O) groups is 2. The molecule has 3 heterocycles. The molecule has 0 aliphatic heterocycles. The first-order valence-electron chi connectivity index (χ1n) is 10.1. The molecule has 9 nitrogen and oxygen atoms in total. The van der Waals surface area contributed by atoms with E-state index in [2.05, 4.69) is 30.6 Å². The van der Waals surface area contributed by atoms with E-state index in [-0.39, 0.29) is 32.0 Å². The molecule has 1 aromatic carbocycles. The number of pyridine rings is 1. The van der Waals surface area contributed by atoms with Gasteiger partial charge in [-0.1, -0.05) is 52.7 Å². The summed E-state index contributed by atoms with van der Waals surface area (Å²) < 4.78 is 39.9. The summed E-state index contributed by atoms with van der Waals surface area (Å²) in [5.74, 6) is -2.20. The van der Waals surface area contributed by atoms with Crippen LogP contribution in [0.5, 0.6) is 5.75 Å². The van der Waals surface area contributed by atoms with Gasteiger partial charge in [-0.25, -0.2) is 9.97 Å². The molecule has 37 heavy (non-hydrogen) atoms. The van der Waals surface area contributed by atoms with Gasteiger partial charge < -0.3 is 15.7 Å². The first kappa shape index (κ1) is 26.3. The molecule has 4 aromatic rings. The van der Waals surface area contributed by atoms with Crippen molar-refractivity contribution in [2.45, 2.75) is 12.7 Å². The highest BCUT2D eigenvalue weighted by Gasteiger charge is 2.33. The van der Waals surface area contributed by atoms with Gasteiger partial charge in [-0.05, 0) is 17.7 Å². The Morgan fingerprint density at radius 1 is 1.08 bits per heavy atom. The Labute approximate surface area is 220 Å². The van der Waals surface area contributed by atoms with E-state index in [1.54, 1.807) is 0 Å². The van der Waals surface area contributed by atoms with E-state index in [1.165, 1.54) is 36.8 Å². The van der Waals surface area contributed by atoms with Gasteiger partial charge in [0.15, 0.2) is 16.6 Å². The molecule has 15 heteroatoms. The third-order valence-corrected chi connectivity index (χ3v) is 6.30. The van der Waals surface area contributed by atoms with Crippen LogP contribution < -0.4 is 10.6 Å². The van der Waals surface area contributed by atoms with Gasteiger partial charge in [-0.3, -0.25) is 19.6 Å². The summed E-state index contributed by atoms with van der Waals surface area (Å²) in [5, 5.41) is 14.1. The first-order chi connectivity index (χ1) is 17.5. The van der Waals surface area contributed by atoms with Crippen molar-refractivity contribution in [1.82, 2.24) is 25.3 Å². The molecule has 2 amide bonds. The molecule has 0 fully saturated rings. The van der Waals surface area contributed by atoms with Crippen molar-refractivity contribution < 1.29 is 27.9 Å². The molecule has 0 atom stereocenters. The van der Waals surface area contributed by atoms with Crippen LogP contribution in [-0.2, 0) is 12.7 Å². The van der Waals surface area contributed by atoms with E-state index in [1.807, 2.05) is 0 Å². The number of thiazole rings is 1. The molecule has 4 rings (SSSR count). The topological polar surface area (TPSA) is 130 Å². The maximum atomic E-state index is 13.3. The number of hydrogen-bond acceptors (Lipinski definition) is 8. The van der Waals surface area contributed by atoms with E-state index in [9.17, 15) is 27.9 Å². The third kappa shape index (κ3) is 5.96. The van der Waals surface area contributed by atoms with Gasteiger partial charge in [0.05, 0.1) is 16.8 Å². The highest BCUT2D eigenvalue weighted by atomic mass is 35.5. The second-order valence-electron chi connectivity index (χ2n) is 7.21. The number of nitrogens with zero attached hydrogens (tertiary/aromatic N) is 4. The number of anilines is 1. The Morgan fingerprint density at radius 3 is 2.51 bits per heavy atom. The predicted octanol–water partition coefficient (Wildman–Crippen LogP) is 5.21. The van der Waals surface area contributed by atoms with E-state index < -0.39 is 41.0 Å². The summed E-state index contributed by atoms with van der Waals surface area (Å²) in [4.78, 5) is 41.8. The summed E-state index contributed by atoms with van der Waals surface area (Å²) in [6, 6.07) is 5.87. The largest absolute Gasteiger partial charge is 0.504 e. The lowest BCUT2D eigenvalue weighted by atomic mass is 10.1. The van der Waals surface area contributed by atoms with Crippen molar-refractivity contribution in [3.8, 4) is 16.5 Å². The van der Waals surface area contributed by atoms with Gasteiger partial charge in [0, 0.05) is 18.9 Å². The number of hydrogen-bond donors (Lipinski definition) is 3. The van der Waals surface area contributed by atoms with Crippen molar-refractivity contribution in [3.05, 3.63) is 81.6 Å². The minimum absolute atomic E-state index is 0.0469. The van der Waals surface area contributed by atoms with Crippen molar-refractivity contribution in [3.63, 3.8) is 0 Å². The van der Waals surface area contributed by atoms with Gasteiger partial charge in [0.1, 0.15) is 21.4 Å². The molecule has 0 saturated heterocycles. The monoisotopic (exact) mass is 568 g/mol. The lowest BCUT2D eigenvalue weighted by molar-refractivity contribution is -0.138. The van der Waals surface area contributed by atoms with Gasteiger partial charge in [0.2, 0.25) is 0 Å². The Hall–Kier alpha value is -3.81. The summed E-state index contributed by atoms with van der Waals surface area (Å²) in [6.45, 7) is -0.454. The Balaban J connectivity index is 1.64. The molecule has 0 bridgehead atoms. The number of rotatable bonds is 6. The molecule has 0 radical (unpaired) electrons. The number of halogens is 5. The number of amides is 2. The first-order valence-corrected chi connectivity index (χ1v) is 11.7. The fraction of sp³-hybridized carbons (Fsp3) is 0.0909. The van der Waals surface area contributed by atoms with Crippen LogP contribution in [0.25, 0.3) is 10.7 Å². The van der Waals surface area contributed by atoms with E-state index in [0.717, 1.165) is 23.5 Å². The van der Waals surface area contributed by atoms with Crippen LogP contribution in [0.4, 0.5) is 18.2 Å². The quantitative estimate of drug-likeness (QED) is 0.272.